The molecule has 0 aliphatic heterocycles. The summed E-state index contributed by atoms with van der Waals surface area (Å²) in [6, 6.07) is -0.863. The number of nitrogens with two attached hydrogens (primary N) is 2. The normalized spacial score (nSPS) is 20.8. The fourth-order valence-corrected chi connectivity index (χ4v) is 2.39. The summed E-state index contributed by atoms with van der Waals surface area (Å²) >= 11 is 0. The number of rotatable bonds is 4. The van der Waals surface area contributed by atoms with Gasteiger partial charge in [-0.2, -0.15) is 0 Å². The molecule has 0 heterocycles. The maximum absolute atomic E-state index is 11.6. The third-order valence-corrected chi connectivity index (χ3v) is 3.43. The number of carbonyl (C=O) groups is 2. The molecule has 18 heavy (non-hydrogen) atoms. The second-order valence-electron chi connectivity index (χ2n) is 4.91. The minimum atomic E-state index is -0.863. The third-order valence-electron chi connectivity index (χ3n) is 3.43. The number of nitrogens with one attached hydrogen (secondary N) is 1. The van der Waals surface area contributed by atoms with Crippen molar-refractivity contribution in [3.8, 4) is 0 Å². The van der Waals surface area contributed by atoms with Gasteiger partial charge in [0.2, 0.25) is 0 Å². The van der Waals surface area contributed by atoms with Gasteiger partial charge in [0, 0.05) is 6.54 Å². The SMILES string of the molecule is CC(OC1(CN)CCCCCC1)C(=O)NC(N)=O. The Labute approximate surface area is 107 Å². The van der Waals surface area contributed by atoms with Crippen LogP contribution in [0.2, 0.25) is 0 Å². The van der Waals surface area contributed by atoms with Gasteiger partial charge in [0.05, 0.1) is 5.60 Å². The average molecular weight is 257 g/mol. The second kappa shape index (κ2) is 6.70. The second-order valence-corrected chi connectivity index (χ2v) is 4.91. The smallest absolute Gasteiger partial charge is 0.318 e. The predicted molar refractivity (Wildman–Crippen MR) is 67.8 cm³/mol. The van der Waals surface area contributed by atoms with E-state index in [0.717, 1.165) is 25.7 Å². The number of primary amides is 1. The van der Waals surface area contributed by atoms with Crippen LogP contribution in [0.4, 0.5) is 4.79 Å². The molecule has 6 heteroatoms. The molecular weight excluding hydrogens is 234 g/mol. The number of amides is 3. The first-order valence-electron chi connectivity index (χ1n) is 6.47. The summed E-state index contributed by atoms with van der Waals surface area (Å²) in [7, 11) is 0. The van der Waals surface area contributed by atoms with Gasteiger partial charge in [-0.3, -0.25) is 10.1 Å². The Kier molecular flexibility index (Phi) is 5.55. The van der Waals surface area contributed by atoms with Crippen LogP contribution in [0.15, 0.2) is 0 Å². The van der Waals surface area contributed by atoms with Crippen LogP contribution in [0.1, 0.15) is 45.4 Å². The number of ether oxygens (including phenoxy) is 1. The monoisotopic (exact) mass is 257 g/mol. The molecule has 0 spiro atoms. The fraction of sp³-hybridized carbons (Fsp3) is 0.833. The van der Waals surface area contributed by atoms with E-state index in [1.54, 1.807) is 6.92 Å². The van der Waals surface area contributed by atoms with E-state index in [4.69, 9.17) is 16.2 Å². The highest BCUT2D eigenvalue weighted by molar-refractivity contribution is 5.95. The van der Waals surface area contributed by atoms with Crippen LogP contribution < -0.4 is 16.8 Å². The molecule has 1 saturated carbocycles. The molecule has 1 rings (SSSR count). The first-order valence-corrected chi connectivity index (χ1v) is 6.47. The zero-order chi connectivity index (χ0) is 13.6. The lowest BCUT2D eigenvalue weighted by Crippen LogP contribution is -2.48. The first-order chi connectivity index (χ1) is 8.49. The summed E-state index contributed by atoms with van der Waals surface area (Å²) in [5.41, 5.74) is 10.3. The average Bonchev–Trinajstić information content (AvgIpc) is 2.54. The van der Waals surface area contributed by atoms with E-state index in [1.165, 1.54) is 12.8 Å². The molecule has 0 bridgehead atoms. The minimum absolute atomic E-state index is 0.390. The van der Waals surface area contributed by atoms with Gasteiger partial charge >= 0.3 is 6.03 Å². The molecule has 1 atom stereocenters. The summed E-state index contributed by atoms with van der Waals surface area (Å²) in [5.74, 6) is -0.514. The van der Waals surface area contributed by atoms with Gasteiger partial charge in [-0.1, -0.05) is 25.7 Å². The van der Waals surface area contributed by atoms with E-state index in [0.29, 0.717) is 6.54 Å². The molecule has 0 aromatic carbocycles. The molecule has 1 aliphatic carbocycles. The van der Waals surface area contributed by atoms with Crippen molar-refractivity contribution in [3.63, 3.8) is 0 Å². The number of urea groups is 1. The van der Waals surface area contributed by atoms with Gasteiger partial charge in [-0.05, 0) is 19.8 Å². The summed E-state index contributed by atoms with van der Waals surface area (Å²) in [6.07, 6.45) is 5.46. The van der Waals surface area contributed by atoms with Gasteiger partial charge in [0.25, 0.3) is 5.91 Å². The quantitative estimate of drug-likeness (QED) is 0.642. The van der Waals surface area contributed by atoms with Crippen molar-refractivity contribution in [2.24, 2.45) is 11.5 Å². The van der Waals surface area contributed by atoms with Crippen molar-refractivity contribution in [2.45, 2.75) is 57.2 Å². The zero-order valence-corrected chi connectivity index (χ0v) is 10.9. The molecule has 6 nitrogen and oxygen atoms in total. The van der Waals surface area contributed by atoms with Crippen LogP contribution in [-0.2, 0) is 9.53 Å². The van der Waals surface area contributed by atoms with Gasteiger partial charge in [0.15, 0.2) is 0 Å². The van der Waals surface area contributed by atoms with E-state index < -0.39 is 23.6 Å². The Hall–Kier alpha value is -1.14. The molecule has 0 saturated heterocycles. The van der Waals surface area contributed by atoms with E-state index in [-0.39, 0.29) is 0 Å². The molecule has 104 valence electrons. The van der Waals surface area contributed by atoms with Crippen molar-refractivity contribution >= 4 is 11.9 Å². The van der Waals surface area contributed by atoms with Gasteiger partial charge in [0.1, 0.15) is 6.10 Å². The van der Waals surface area contributed by atoms with Crippen LogP contribution >= 0.6 is 0 Å². The summed E-state index contributed by atoms with van der Waals surface area (Å²) in [5, 5.41) is 2.02. The van der Waals surface area contributed by atoms with Gasteiger partial charge < -0.3 is 16.2 Å². The number of hydrogen-bond donors (Lipinski definition) is 3. The molecule has 1 unspecified atom stereocenters. The van der Waals surface area contributed by atoms with Crippen LogP contribution in [0.5, 0.6) is 0 Å². The van der Waals surface area contributed by atoms with Crippen molar-refractivity contribution in [2.75, 3.05) is 6.54 Å². The third kappa shape index (κ3) is 4.27. The number of hydrogen-bond acceptors (Lipinski definition) is 4. The summed E-state index contributed by atoms with van der Waals surface area (Å²) < 4.78 is 5.83. The van der Waals surface area contributed by atoms with Crippen molar-refractivity contribution in [3.05, 3.63) is 0 Å². The van der Waals surface area contributed by atoms with Gasteiger partial charge in [-0.25, -0.2) is 4.79 Å². The molecule has 1 fully saturated rings. The number of imide groups is 1. The Morgan fingerprint density at radius 3 is 2.28 bits per heavy atom. The van der Waals surface area contributed by atoms with Crippen molar-refractivity contribution in [1.29, 1.82) is 0 Å². The lowest BCUT2D eigenvalue weighted by molar-refractivity contribution is -0.145. The fourth-order valence-electron chi connectivity index (χ4n) is 2.39. The molecule has 0 aromatic rings. The lowest BCUT2D eigenvalue weighted by atomic mass is 9.94. The van der Waals surface area contributed by atoms with E-state index >= 15 is 0 Å². The topological polar surface area (TPSA) is 107 Å². The molecule has 1 aliphatic rings. The maximum atomic E-state index is 11.6. The summed E-state index contributed by atoms with van der Waals surface area (Å²) in [6.45, 7) is 2.00. The minimum Gasteiger partial charge on any atom is -0.361 e. The van der Waals surface area contributed by atoms with Crippen molar-refractivity contribution in [1.82, 2.24) is 5.32 Å². The van der Waals surface area contributed by atoms with Crippen LogP contribution in [0.25, 0.3) is 0 Å². The molecule has 5 N–H and O–H groups in total. The number of carbonyl (C=O) groups excluding carboxylic acids is 2. The molecule has 0 radical (unpaired) electrons. The standard InChI is InChI=1S/C12H23N3O3/c1-9(10(16)15-11(14)17)18-12(8-13)6-4-2-3-5-7-12/h9H,2-8,13H2,1H3,(H3,14,15,16,17). The highest BCUT2D eigenvalue weighted by Gasteiger charge is 2.34. The Balaban J connectivity index is 2.60. The molecule has 3 amide bonds. The Morgan fingerprint density at radius 1 is 1.28 bits per heavy atom. The van der Waals surface area contributed by atoms with Crippen LogP contribution in [0.3, 0.4) is 0 Å². The van der Waals surface area contributed by atoms with E-state index in [9.17, 15) is 9.59 Å². The van der Waals surface area contributed by atoms with Crippen LogP contribution in [-0.4, -0.2) is 30.2 Å². The highest BCUT2D eigenvalue weighted by Crippen LogP contribution is 2.30. The Morgan fingerprint density at radius 2 is 1.83 bits per heavy atom. The lowest BCUT2D eigenvalue weighted by Gasteiger charge is -2.34. The zero-order valence-electron chi connectivity index (χ0n) is 10.9. The molecule has 0 aromatic heterocycles. The predicted octanol–water partition coefficient (Wildman–Crippen LogP) is 0.638. The van der Waals surface area contributed by atoms with E-state index in [2.05, 4.69) is 0 Å². The largest absolute Gasteiger partial charge is 0.361 e. The summed E-state index contributed by atoms with van der Waals surface area (Å²) in [4.78, 5) is 22.2. The van der Waals surface area contributed by atoms with Crippen LogP contribution in [0, 0.1) is 0 Å². The maximum Gasteiger partial charge on any atom is 0.318 e. The highest BCUT2D eigenvalue weighted by atomic mass is 16.5. The van der Waals surface area contributed by atoms with Gasteiger partial charge in [-0.15, -0.1) is 0 Å². The Bertz CT molecular complexity index is 299. The molecular formula is C12H23N3O3. The van der Waals surface area contributed by atoms with Crippen molar-refractivity contribution < 1.29 is 14.3 Å². The van der Waals surface area contributed by atoms with E-state index in [1.807, 2.05) is 5.32 Å². The first kappa shape index (κ1) is 14.9.